The van der Waals surface area contributed by atoms with Gasteiger partial charge in [-0.15, -0.1) is 11.3 Å². The number of carbonyl (C=O) groups is 1. The molecular formula is C21H23N3O5S2. The van der Waals surface area contributed by atoms with Gasteiger partial charge < -0.3 is 14.8 Å². The third kappa shape index (κ3) is 4.65. The van der Waals surface area contributed by atoms with Crippen LogP contribution in [0.3, 0.4) is 0 Å². The van der Waals surface area contributed by atoms with Gasteiger partial charge in [-0.1, -0.05) is 19.9 Å². The molecule has 10 heteroatoms. The van der Waals surface area contributed by atoms with E-state index in [-0.39, 0.29) is 24.2 Å². The minimum absolute atomic E-state index is 0.109. The standard InChI is InChI=1S/C21H23N3O5S2/c1-12(2)20(21(25)22-10-14-4-7-17-18(8-14)29-11-28-17)24-31(26,27)15-5-6-16-19(9-15)30-13(3)23-16/h4-9,12,20,24H,10-11H2,1-3H3,(H,22,25)/t20-/m0/s1. The first kappa shape index (κ1) is 21.5. The first-order valence-corrected chi connectivity index (χ1v) is 12.1. The average Bonchev–Trinajstić information content (AvgIpc) is 3.34. The van der Waals surface area contributed by atoms with Crippen LogP contribution >= 0.6 is 11.3 Å². The first-order valence-electron chi connectivity index (χ1n) is 9.79. The van der Waals surface area contributed by atoms with E-state index in [0.29, 0.717) is 11.5 Å². The Balaban J connectivity index is 1.47. The van der Waals surface area contributed by atoms with Crippen LogP contribution in [0.15, 0.2) is 41.3 Å². The maximum Gasteiger partial charge on any atom is 0.241 e. The highest BCUT2D eigenvalue weighted by Crippen LogP contribution is 2.32. The van der Waals surface area contributed by atoms with E-state index in [9.17, 15) is 13.2 Å². The molecule has 1 amide bonds. The van der Waals surface area contributed by atoms with E-state index in [1.807, 2.05) is 13.0 Å². The lowest BCUT2D eigenvalue weighted by Gasteiger charge is -2.21. The van der Waals surface area contributed by atoms with E-state index in [2.05, 4.69) is 15.0 Å². The maximum atomic E-state index is 13.0. The molecule has 0 spiro atoms. The molecule has 0 bridgehead atoms. The number of hydrogen-bond acceptors (Lipinski definition) is 7. The van der Waals surface area contributed by atoms with Crippen LogP contribution in [0.2, 0.25) is 0 Å². The number of nitrogens with one attached hydrogen (secondary N) is 2. The molecule has 0 fully saturated rings. The van der Waals surface area contributed by atoms with E-state index in [4.69, 9.17) is 9.47 Å². The van der Waals surface area contributed by atoms with Crippen molar-refractivity contribution in [1.29, 1.82) is 0 Å². The summed E-state index contributed by atoms with van der Waals surface area (Å²) in [5, 5.41) is 3.67. The molecular weight excluding hydrogens is 438 g/mol. The number of aryl methyl sites for hydroxylation is 1. The van der Waals surface area contributed by atoms with Crippen LogP contribution in [0.4, 0.5) is 0 Å². The molecule has 8 nitrogen and oxygen atoms in total. The summed E-state index contributed by atoms with van der Waals surface area (Å²) in [7, 11) is -3.89. The van der Waals surface area contributed by atoms with Crippen molar-refractivity contribution in [3.8, 4) is 11.5 Å². The summed E-state index contributed by atoms with van der Waals surface area (Å²) >= 11 is 1.43. The van der Waals surface area contributed by atoms with Crippen LogP contribution in [-0.2, 0) is 21.4 Å². The topological polar surface area (TPSA) is 107 Å². The number of nitrogens with zero attached hydrogens (tertiary/aromatic N) is 1. The highest BCUT2D eigenvalue weighted by atomic mass is 32.2. The molecule has 1 aliphatic rings. The van der Waals surface area contributed by atoms with Gasteiger partial charge in [-0.2, -0.15) is 4.72 Å². The minimum Gasteiger partial charge on any atom is -0.454 e. The van der Waals surface area contributed by atoms with Gasteiger partial charge in [0.05, 0.1) is 20.1 Å². The van der Waals surface area contributed by atoms with E-state index < -0.39 is 22.0 Å². The van der Waals surface area contributed by atoms with Crippen LogP contribution in [-0.4, -0.2) is 32.1 Å². The Hall–Kier alpha value is -2.69. The predicted octanol–water partition coefficient (Wildman–Crippen LogP) is 2.95. The summed E-state index contributed by atoms with van der Waals surface area (Å²) in [6, 6.07) is 9.26. The van der Waals surface area contributed by atoms with Crippen molar-refractivity contribution in [1.82, 2.24) is 15.0 Å². The summed E-state index contributed by atoms with van der Waals surface area (Å²) < 4.78 is 39.9. The molecule has 2 aromatic carbocycles. The number of aromatic nitrogens is 1. The molecule has 1 aliphatic heterocycles. The van der Waals surface area contributed by atoms with E-state index >= 15 is 0 Å². The lowest BCUT2D eigenvalue weighted by molar-refractivity contribution is -0.123. The van der Waals surface area contributed by atoms with Crippen LogP contribution in [0.5, 0.6) is 11.5 Å². The van der Waals surface area contributed by atoms with Crippen molar-refractivity contribution < 1.29 is 22.7 Å². The third-order valence-electron chi connectivity index (χ3n) is 4.91. The molecule has 4 rings (SSSR count). The Morgan fingerprint density at radius 2 is 1.94 bits per heavy atom. The Morgan fingerprint density at radius 1 is 1.16 bits per heavy atom. The largest absolute Gasteiger partial charge is 0.454 e. The lowest BCUT2D eigenvalue weighted by Crippen LogP contribution is -2.49. The van der Waals surface area contributed by atoms with Gasteiger partial charge in [-0.25, -0.2) is 13.4 Å². The molecule has 0 aliphatic carbocycles. The molecule has 3 aromatic rings. The van der Waals surface area contributed by atoms with Gasteiger partial charge in [-0.05, 0) is 48.7 Å². The normalized spacial score (nSPS) is 14.2. The Morgan fingerprint density at radius 3 is 2.71 bits per heavy atom. The fourth-order valence-electron chi connectivity index (χ4n) is 3.26. The summed E-state index contributed by atoms with van der Waals surface area (Å²) in [5.74, 6) is 0.643. The molecule has 0 radical (unpaired) electrons. The Bertz CT molecular complexity index is 1240. The predicted molar refractivity (Wildman–Crippen MR) is 118 cm³/mol. The zero-order valence-corrected chi connectivity index (χ0v) is 19.0. The van der Waals surface area contributed by atoms with Crippen LogP contribution in [0.25, 0.3) is 10.2 Å². The number of rotatable bonds is 7. The smallest absolute Gasteiger partial charge is 0.241 e. The third-order valence-corrected chi connectivity index (χ3v) is 7.28. The number of fused-ring (bicyclic) bond motifs is 2. The molecule has 1 atom stereocenters. The highest BCUT2D eigenvalue weighted by molar-refractivity contribution is 7.89. The van der Waals surface area contributed by atoms with Crippen molar-refractivity contribution >= 4 is 37.5 Å². The van der Waals surface area contributed by atoms with Gasteiger partial charge in [0.2, 0.25) is 22.7 Å². The maximum absolute atomic E-state index is 13.0. The summed E-state index contributed by atoms with van der Waals surface area (Å²) in [5.41, 5.74) is 1.58. The SMILES string of the molecule is Cc1nc2ccc(S(=O)(=O)N[C@H](C(=O)NCc3ccc4c(c3)OCO4)C(C)C)cc2s1. The lowest BCUT2D eigenvalue weighted by atomic mass is 10.0. The van der Waals surface area contributed by atoms with Gasteiger partial charge in [-0.3, -0.25) is 4.79 Å². The second-order valence-corrected chi connectivity index (χ2v) is 10.6. The van der Waals surface area contributed by atoms with Gasteiger partial charge in [0.1, 0.15) is 6.04 Å². The molecule has 0 unspecified atom stereocenters. The molecule has 31 heavy (non-hydrogen) atoms. The second-order valence-electron chi connectivity index (χ2n) is 7.61. The monoisotopic (exact) mass is 461 g/mol. The van der Waals surface area contributed by atoms with Gasteiger partial charge >= 0.3 is 0 Å². The van der Waals surface area contributed by atoms with Crippen LogP contribution in [0, 0.1) is 12.8 Å². The fraction of sp³-hybridized carbons (Fsp3) is 0.333. The summed E-state index contributed by atoms with van der Waals surface area (Å²) in [4.78, 5) is 17.3. The number of sulfonamides is 1. The summed E-state index contributed by atoms with van der Waals surface area (Å²) in [6.07, 6.45) is 0. The van der Waals surface area contributed by atoms with Crippen LogP contribution < -0.4 is 19.5 Å². The fourth-order valence-corrected chi connectivity index (χ4v) is 5.58. The Kier molecular flexibility index (Phi) is 5.87. The molecule has 0 saturated heterocycles. The number of ether oxygens (including phenoxy) is 2. The number of benzene rings is 2. The van der Waals surface area contributed by atoms with Crippen molar-refractivity contribution in [2.24, 2.45) is 5.92 Å². The number of thiazole rings is 1. The van der Waals surface area contributed by atoms with Crippen LogP contribution in [0.1, 0.15) is 24.4 Å². The molecule has 2 heterocycles. The summed E-state index contributed by atoms with van der Waals surface area (Å²) in [6.45, 7) is 5.88. The zero-order chi connectivity index (χ0) is 22.2. The minimum atomic E-state index is -3.89. The van der Waals surface area contributed by atoms with Crippen molar-refractivity contribution in [2.45, 2.75) is 38.3 Å². The highest BCUT2D eigenvalue weighted by Gasteiger charge is 2.28. The molecule has 0 saturated carbocycles. The zero-order valence-electron chi connectivity index (χ0n) is 17.3. The number of amides is 1. The van der Waals surface area contributed by atoms with Crippen molar-refractivity contribution in [3.05, 3.63) is 47.0 Å². The van der Waals surface area contributed by atoms with E-state index in [1.165, 1.54) is 17.4 Å². The van der Waals surface area contributed by atoms with E-state index in [1.54, 1.807) is 38.1 Å². The molecule has 164 valence electrons. The Labute approximate surface area is 184 Å². The van der Waals surface area contributed by atoms with Gasteiger partial charge in [0.15, 0.2) is 11.5 Å². The van der Waals surface area contributed by atoms with Crippen molar-refractivity contribution in [2.75, 3.05) is 6.79 Å². The quantitative estimate of drug-likeness (QED) is 0.560. The van der Waals surface area contributed by atoms with Gasteiger partial charge in [0.25, 0.3) is 0 Å². The number of hydrogen-bond donors (Lipinski definition) is 2. The first-order chi connectivity index (χ1) is 14.7. The number of carbonyl (C=O) groups excluding carboxylic acids is 1. The van der Waals surface area contributed by atoms with Gasteiger partial charge in [0, 0.05) is 6.54 Å². The van der Waals surface area contributed by atoms with Crippen molar-refractivity contribution in [3.63, 3.8) is 0 Å². The molecule has 2 N–H and O–H groups in total. The average molecular weight is 462 g/mol. The second kappa shape index (κ2) is 8.45. The molecule has 1 aromatic heterocycles. The van der Waals surface area contributed by atoms with E-state index in [0.717, 1.165) is 20.8 Å².